The third-order valence-electron chi connectivity index (χ3n) is 3.77. The van der Waals surface area contributed by atoms with Gasteiger partial charge in [-0.25, -0.2) is 13.4 Å². The molecule has 1 aromatic rings. The second-order valence-corrected chi connectivity index (χ2v) is 6.86. The molecule has 0 radical (unpaired) electrons. The van der Waals surface area contributed by atoms with Crippen molar-refractivity contribution in [2.75, 3.05) is 0 Å². The Morgan fingerprint density at radius 3 is 2.25 bits per heavy atom. The van der Waals surface area contributed by atoms with Crippen LogP contribution in [-0.2, 0) is 14.8 Å². The van der Waals surface area contributed by atoms with E-state index in [2.05, 4.69) is 4.98 Å². The molecular weight excluding hydrogens is 276 g/mol. The van der Waals surface area contributed by atoms with Crippen molar-refractivity contribution < 1.29 is 13.2 Å². The molecule has 5 nitrogen and oxygen atoms in total. The molecule has 2 atom stereocenters. The van der Waals surface area contributed by atoms with Gasteiger partial charge in [0.2, 0.25) is 0 Å². The summed E-state index contributed by atoms with van der Waals surface area (Å²) in [6.45, 7) is 3.83. The number of carbonyl (C=O) groups is 1. The van der Waals surface area contributed by atoms with Crippen molar-refractivity contribution in [2.45, 2.75) is 56.6 Å². The first-order valence-electron chi connectivity index (χ1n) is 6.97. The van der Waals surface area contributed by atoms with Crippen LogP contribution in [-0.4, -0.2) is 35.6 Å². The Bertz CT molecular complexity index is 555. The molecular formula is C14H20N2O3S. The van der Waals surface area contributed by atoms with Crippen molar-refractivity contribution in [3.8, 4) is 0 Å². The Labute approximate surface area is 120 Å². The molecule has 2 heterocycles. The highest BCUT2D eigenvalue weighted by atomic mass is 32.2. The average molecular weight is 296 g/mol. The quantitative estimate of drug-likeness (QED) is 0.852. The number of hydrogen-bond donors (Lipinski definition) is 0. The lowest BCUT2D eigenvalue weighted by Gasteiger charge is -2.39. The predicted octanol–water partition coefficient (Wildman–Crippen LogP) is 1.99. The summed E-state index contributed by atoms with van der Waals surface area (Å²) >= 11 is 0. The largest absolute Gasteiger partial charge is 0.300 e. The summed E-state index contributed by atoms with van der Waals surface area (Å²) in [7, 11) is -3.64. The maximum absolute atomic E-state index is 12.8. The Morgan fingerprint density at radius 1 is 1.20 bits per heavy atom. The van der Waals surface area contributed by atoms with Gasteiger partial charge in [0.1, 0.15) is 5.78 Å². The zero-order valence-corrected chi connectivity index (χ0v) is 12.6. The first-order chi connectivity index (χ1) is 9.50. The SMILES string of the molecule is CCC1CC(=O)CC(CC)N1S(=O)(=O)c1ccccn1. The molecule has 110 valence electrons. The minimum absolute atomic E-state index is 0.0613. The van der Waals surface area contributed by atoms with Crippen LogP contribution < -0.4 is 0 Å². The molecule has 2 unspecified atom stereocenters. The Kier molecular flexibility index (Phi) is 4.55. The van der Waals surface area contributed by atoms with E-state index in [-0.39, 0.29) is 22.9 Å². The molecule has 20 heavy (non-hydrogen) atoms. The first kappa shape index (κ1) is 15.1. The molecule has 1 saturated heterocycles. The Hall–Kier alpha value is -1.27. The van der Waals surface area contributed by atoms with Gasteiger partial charge in [-0.1, -0.05) is 19.9 Å². The van der Waals surface area contributed by atoms with Gasteiger partial charge in [-0.2, -0.15) is 4.31 Å². The van der Waals surface area contributed by atoms with Gasteiger partial charge in [0.05, 0.1) is 0 Å². The van der Waals surface area contributed by atoms with Crippen LogP contribution in [0.3, 0.4) is 0 Å². The maximum atomic E-state index is 12.8. The molecule has 1 aromatic heterocycles. The van der Waals surface area contributed by atoms with E-state index in [1.807, 2.05) is 13.8 Å². The summed E-state index contributed by atoms with van der Waals surface area (Å²) in [5, 5.41) is 0.0613. The average Bonchev–Trinajstić information content (AvgIpc) is 2.46. The van der Waals surface area contributed by atoms with E-state index in [9.17, 15) is 13.2 Å². The van der Waals surface area contributed by atoms with Crippen molar-refractivity contribution in [1.82, 2.24) is 9.29 Å². The normalized spacial score (nSPS) is 24.8. The van der Waals surface area contributed by atoms with Crippen LogP contribution in [0.4, 0.5) is 0 Å². The lowest BCUT2D eigenvalue weighted by atomic mass is 9.94. The predicted molar refractivity (Wildman–Crippen MR) is 75.7 cm³/mol. The zero-order chi connectivity index (χ0) is 14.8. The summed E-state index contributed by atoms with van der Waals surface area (Å²) < 4.78 is 27.1. The minimum atomic E-state index is -3.64. The number of sulfonamides is 1. The highest BCUT2D eigenvalue weighted by molar-refractivity contribution is 7.89. The van der Waals surface area contributed by atoms with Crippen molar-refractivity contribution in [3.05, 3.63) is 24.4 Å². The molecule has 2 rings (SSSR count). The topological polar surface area (TPSA) is 67.3 Å². The summed E-state index contributed by atoms with van der Waals surface area (Å²) in [6, 6.07) is 4.34. The Morgan fingerprint density at radius 2 is 1.80 bits per heavy atom. The lowest BCUT2D eigenvalue weighted by molar-refractivity contribution is -0.123. The molecule has 0 aliphatic carbocycles. The van der Waals surface area contributed by atoms with Crippen LogP contribution in [0.25, 0.3) is 0 Å². The summed E-state index contributed by atoms with van der Waals surface area (Å²) in [4.78, 5) is 15.7. The Balaban J connectivity index is 2.43. The monoisotopic (exact) mass is 296 g/mol. The number of carbonyl (C=O) groups excluding carboxylic acids is 1. The van der Waals surface area contributed by atoms with Crippen molar-refractivity contribution in [2.24, 2.45) is 0 Å². The van der Waals surface area contributed by atoms with Crippen LogP contribution in [0.2, 0.25) is 0 Å². The molecule has 0 aromatic carbocycles. The molecule has 0 spiro atoms. The first-order valence-corrected chi connectivity index (χ1v) is 8.41. The highest BCUT2D eigenvalue weighted by Gasteiger charge is 2.41. The number of rotatable bonds is 4. The van der Waals surface area contributed by atoms with Crippen molar-refractivity contribution in [3.63, 3.8) is 0 Å². The van der Waals surface area contributed by atoms with E-state index in [1.165, 1.54) is 16.6 Å². The van der Waals surface area contributed by atoms with E-state index in [0.29, 0.717) is 25.7 Å². The third-order valence-corrected chi connectivity index (χ3v) is 5.69. The standard InChI is InChI=1S/C14H20N2O3S/c1-3-11-9-13(17)10-12(4-2)16(11)20(18,19)14-7-5-6-8-15-14/h5-8,11-12H,3-4,9-10H2,1-2H3. The summed E-state index contributed by atoms with van der Waals surface area (Å²) in [5.41, 5.74) is 0. The fraction of sp³-hybridized carbons (Fsp3) is 0.571. The smallest absolute Gasteiger partial charge is 0.261 e. The van der Waals surface area contributed by atoms with Crippen LogP contribution in [0, 0.1) is 0 Å². The van der Waals surface area contributed by atoms with Crippen molar-refractivity contribution >= 4 is 15.8 Å². The van der Waals surface area contributed by atoms with Gasteiger partial charge in [-0.05, 0) is 25.0 Å². The molecule has 0 saturated carbocycles. The van der Waals surface area contributed by atoms with Gasteiger partial charge in [0, 0.05) is 31.1 Å². The number of nitrogens with zero attached hydrogens (tertiary/aromatic N) is 2. The number of pyridine rings is 1. The summed E-state index contributed by atoms with van der Waals surface area (Å²) in [6.07, 6.45) is 3.35. The van der Waals surface area contributed by atoms with E-state index in [0.717, 1.165) is 0 Å². The van der Waals surface area contributed by atoms with Gasteiger partial charge < -0.3 is 0 Å². The van der Waals surface area contributed by atoms with Gasteiger partial charge in [0.25, 0.3) is 10.0 Å². The van der Waals surface area contributed by atoms with Crippen molar-refractivity contribution in [1.29, 1.82) is 0 Å². The van der Waals surface area contributed by atoms with Gasteiger partial charge in [0.15, 0.2) is 5.03 Å². The van der Waals surface area contributed by atoms with Crippen LogP contribution >= 0.6 is 0 Å². The minimum Gasteiger partial charge on any atom is -0.300 e. The molecule has 0 N–H and O–H groups in total. The van der Waals surface area contributed by atoms with E-state index in [1.54, 1.807) is 12.1 Å². The van der Waals surface area contributed by atoms with Gasteiger partial charge >= 0.3 is 0 Å². The second-order valence-electron chi connectivity index (χ2n) is 5.07. The number of piperidine rings is 1. The summed E-state index contributed by atoms with van der Waals surface area (Å²) in [5.74, 6) is 0.149. The molecule has 6 heteroatoms. The van der Waals surface area contributed by atoms with Crippen LogP contribution in [0.1, 0.15) is 39.5 Å². The molecule has 0 bridgehead atoms. The van der Waals surface area contributed by atoms with Crippen LogP contribution in [0.5, 0.6) is 0 Å². The highest BCUT2D eigenvalue weighted by Crippen LogP contribution is 2.30. The maximum Gasteiger partial charge on any atom is 0.261 e. The number of hydrogen-bond acceptors (Lipinski definition) is 4. The molecule has 0 amide bonds. The fourth-order valence-corrected chi connectivity index (χ4v) is 4.63. The number of Topliss-reactive ketones (excluding diaryl/α,β-unsaturated/α-hetero) is 1. The molecule has 1 aliphatic rings. The van der Waals surface area contributed by atoms with E-state index in [4.69, 9.17) is 0 Å². The van der Waals surface area contributed by atoms with Crippen LogP contribution in [0.15, 0.2) is 29.4 Å². The van der Waals surface area contributed by atoms with Gasteiger partial charge in [-0.3, -0.25) is 4.79 Å². The second kappa shape index (κ2) is 6.01. The van der Waals surface area contributed by atoms with E-state index >= 15 is 0 Å². The molecule has 1 fully saturated rings. The fourth-order valence-electron chi connectivity index (χ4n) is 2.74. The third kappa shape index (κ3) is 2.76. The number of aromatic nitrogens is 1. The number of ketones is 1. The zero-order valence-electron chi connectivity index (χ0n) is 11.8. The van der Waals surface area contributed by atoms with E-state index < -0.39 is 10.0 Å². The molecule has 1 aliphatic heterocycles. The van der Waals surface area contributed by atoms with Gasteiger partial charge in [-0.15, -0.1) is 0 Å². The lowest BCUT2D eigenvalue weighted by Crippen LogP contribution is -2.52.